The highest BCUT2D eigenvalue weighted by molar-refractivity contribution is 7.17. The van der Waals surface area contributed by atoms with E-state index in [0.717, 1.165) is 13.0 Å². The van der Waals surface area contributed by atoms with Crippen LogP contribution in [0.25, 0.3) is 0 Å². The molecule has 9 heteroatoms. The summed E-state index contributed by atoms with van der Waals surface area (Å²) in [5.74, 6) is 0.325. The van der Waals surface area contributed by atoms with Crippen LogP contribution in [0.1, 0.15) is 29.0 Å². The normalized spacial score (nSPS) is 10.3. The zero-order valence-corrected chi connectivity index (χ0v) is 10.6. The Hall–Kier alpha value is -2.03. The van der Waals surface area contributed by atoms with Crippen molar-refractivity contribution < 1.29 is 4.79 Å². The monoisotopic (exact) mass is 267 g/mol. The van der Waals surface area contributed by atoms with Gasteiger partial charge in [0.15, 0.2) is 0 Å². The number of H-pyrrole nitrogens is 1. The Kier molecular flexibility index (Phi) is 4.18. The highest BCUT2D eigenvalue weighted by Crippen LogP contribution is 2.14. The van der Waals surface area contributed by atoms with Gasteiger partial charge in [-0.15, -0.1) is 10.2 Å². The Labute approximate surface area is 107 Å². The molecule has 0 aliphatic rings. The zero-order chi connectivity index (χ0) is 12.8. The number of hydrogen-bond acceptors (Lipinski definition) is 7. The van der Waals surface area contributed by atoms with Gasteiger partial charge >= 0.3 is 0 Å². The lowest BCUT2D eigenvalue weighted by Gasteiger charge is -1.98. The smallest absolute Gasteiger partial charge is 0.282 e. The topological polar surface area (TPSA) is 108 Å². The van der Waals surface area contributed by atoms with Crippen molar-refractivity contribution in [1.82, 2.24) is 30.7 Å². The lowest BCUT2D eigenvalue weighted by Crippen LogP contribution is -2.23. The van der Waals surface area contributed by atoms with Crippen LogP contribution in [0.4, 0.5) is 5.13 Å². The number of nitrogens with zero attached hydrogens (tertiary/aromatic N) is 4. The molecule has 2 rings (SSSR count). The van der Waals surface area contributed by atoms with Crippen LogP contribution in [-0.2, 0) is 6.54 Å². The first-order chi connectivity index (χ1) is 8.79. The largest absolute Gasteiger partial charge is 0.360 e. The summed E-state index contributed by atoms with van der Waals surface area (Å²) in [6.07, 6.45) is 2.38. The van der Waals surface area contributed by atoms with Gasteiger partial charge in [-0.25, -0.2) is 4.98 Å². The highest BCUT2D eigenvalue weighted by Gasteiger charge is 2.12. The van der Waals surface area contributed by atoms with Crippen LogP contribution >= 0.6 is 11.3 Å². The molecule has 0 saturated carbocycles. The summed E-state index contributed by atoms with van der Waals surface area (Å²) in [5, 5.41) is 20.8. The van der Waals surface area contributed by atoms with E-state index >= 15 is 0 Å². The standard InChI is InChI=1S/C9H13N7OS/c1-2-3-10-9-16-15-8(18-9)7(17)11-4-6-12-5-13-14-6/h5H,2-4H2,1H3,(H,10,16)(H,11,17)(H,12,13,14). The summed E-state index contributed by atoms with van der Waals surface area (Å²) in [6.45, 7) is 3.16. The summed E-state index contributed by atoms with van der Waals surface area (Å²) in [4.78, 5) is 15.6. The third kappa shape index (κ3) is 3.23. The predicted molar refractivity (Wildman–Crippen MR) is 66.2 cm³/mol. The van der Waals surface area contributed by atoms with Gasteiger partial charge < -0.3 is 10.6 Å². The first kappa shape index (κ1) is 12.4. The van der Waals surface area contributed by atoms with Crippen LogP contribution in [-0.4, -0.2) is 37.8 Å². The molecule has 2 aromatic heterocycles. The van der Waals surface area contributed by atoms with Crippen molar-refractivity contribution in [3.05, 3.63) is 17.2 Å². The van der Waals surface area contributed by atoms with Gasteiger partial charge in [0, 0.05) is 6.54 Å². The molecule has 1 amide bonds. The minimum atomic E-state index is -0.270. The van der Waals surface area contributed by atoms with E-state index in [2.05, 4.69) is 42.9 Å². The van der Waals surface area contributed by atoms with Crippen molar-refractivity contribution in [2.24, 2.45) is 0 Å². The van der Waals surface area contributed by atoms with Crippen molar-refractivity contribution in [2.75, 3.05) is 11.9 Å². The molecule has 0 atom stereocenters. The molecule has 0 saturated heterocycles. The summed E-state index contributed by atoms with van der Waals surface area (Å²) < 4.78 is 0. The maximum Gasteiger partial charge on any atom is 0.282 e. The van der Waals surface area contributed by atoms with Crippen LogP contribution in [0, 0.1) is 0 Å². The van der Waals surface area contributed by atoms with Crippen molar-refractivity contribution in [2.45, 2.75) is 19.9 Å². The van der Waals surface area contributed by atoms with Crippen molar-refractivity contribution in [3.63, 3.8) is 0 Å². The zero-order valence-electron chi connectivity index (χ0n) is 9.80. The van der Waals surface area contributed by atoms with Crippen LogP contribution in [0.2, 0.25) is 0 Å². The van der Waals surface area contributed by atoms with E-state index in [1.807, 2.05) is 0 Å². The third-order valence-corrected chi connectivity index (χ3v) is 2.91. The molecule has 0 unspecified atom stereocenters. The first-order valence-electron chi connectivity index (χ1n) is 5.49. The molecule has 2 heterocycles. The minimum Gasteiger partial charge on any atom is -0.360 e. The second-order valence-electron chi connectivity index (χ2n) is 3.45. The average Bonchev–Trinajstić information content (AvgIpc) is 3.04. The van der Waals surface area contributed by atoms with Gasteiger partial charge in [-0.3, -0.25) is 9.89 Å². The molecule has 0 fully saturated rings. The van der Waals surface area contributed by atoms with E-state index in [1.165, 1.54) is 17.7 Å². The maximum atomic E-state index is 11.7. The number of carbonyl (C=O) groups is 1. The number of aromatic nitrogens is 5. The molecule has 3 N–H and O–H groups in total. The van der Waals surface area contributed by atoms with E-state index < -0.39 is 0 Å². The minimum absolute atomic E-state index is 0.270. The summed E-state index contributed by atoms with van der Waals surface area (Å²) >= 11 is 1.23. The molecule has 0 aliphatic heterocycles. The molecule has 0 aliphatic carbocycles. The number of hydrogen-bond donors (Lipinski definition) is 3. The number of nitrogens with one attached hydrogen (secondary N) is 3. The van der Waals surface area contributed by atoms with Gasteiger partial charge in [0.25, 0.3) is 5.91 Å². The van der Waals surface area contributed by atoms with Crippen molar-refractivity contribution in [3.8, 4) is 0 Å². The molecule has 96 valence electrons. The molecule has 0 aromatic carbocycles. The highest BCUT2D eigenvalue weighted by atomic mass is 32.1. The molecule has 0 spiro atoms. The third-order valence-electron chi connectivity index (χ3n) is 2.03. The number of rotatable bonds is 6. The van der Waals surface area contributed by atoms with E-state index in [0.29, 0.717) is 16.0 Å². The first-order valence-corrected chi connectivity index (χ1v) is 6.31. The number of amides is 1. The van der Waals surface area contributed by atoms with Gasteiger partial charge in [0.05, 0.1) is 6.54 Å². The fourth-order valence-corrected chi connectivity index (χ4v) is 1.86. The Morgan fingerprint density at radius 1 is 1.50 bits per heavy atom. The fraction of sp³-hybridized carbons (Fsp3) is 0.444. The summed E-state index contributed by atoms with van der Waals surface area (Å²) in [7, 11) is 0. The molecular formula is C9H13N7OS. The van der Waals surface area contributed by atoms with E-state index in [9.17, 15) is 4.79 Å². The molecule has 0 bridgehead atoms. The number of carbonyl (C=O) groups excluding carboxylic acids is 1. The van der Waals surface area contributed by atoms with Gasteiger partial charge in [0.1, 0.15) is 12.2 Å². The van der Waals surface area contributed by atoms with Crippen LogP contribution < -0.4 is 10.6 Å². The molecule has 0 radical (unpaired) electrons. The lowest BCUT2D eigenvalue weighted by atomic mass is 10.5. The van der Waals surface area contributed by atoms with E-state index in [4.69, 9.17) is 0 Å². The van der Waals surface area contributed by atoms with Crippen LogP contribution in [0.5, 0.6) is 0 Å². The van der Waals surface area contributed by atoms with Crippen LogP contribution in [0.3, 0.4) is 0 Å². The fourth-order valence-electron chi connectivity index (χ4n) is 1.17. The summed E-state index contributed by atoms with van der Waals surface area (Å²) in [5.41, 5.74) is 0. The average molecular weight is 267 g/mol. The van der Waals surface area contributed by atoms with Crippen molar-refractivity contribution >= 4 is 22.4 Å². The lowest BCUT2D eigenvalue weighted by molar-refractivity contribution is 0.0949. The second kappa shape index (κ2) is 6.05. The van der Waals surface area contributed by atoms with Gasteiger partial charge in [0.2, 0.25) is 10.1 Å². The predicted octanol–water partition coefficient (Wildman–Crippen LogP) is 0.408. The van der Waals surface area contributed by atoms with Crippen LogP contribution in [0.15, 0.2) is 6.33 Å². The molecule has 8 nitrogen and oxygen atoms in total. The van der Waals surface area contributed by atoms with Gasteiger partial charge in [-0.2, -0.15) is 5.10 Å². The summed E-state index contributed by atoms with van der Waals surface area (Å²) in [6, 6.07) is 0. The van der Waals surface area contributed by atoms with E-state index in [-0.39, 0.29) is 12.5 Å². The molecule has 18 heavy (non-hydrogen) atoms. The Morgan fingerprint density at radius 3 is 3.11 bits per heavy atom. The Balaban J connectivity index is 1.86. The van der Waals surface area contributed by atoms with E-state index in [1.54, 1.807) is 0 Å². The molecular weight excluding hydrogens is 254 g/mol. The number of anilines is 1. The van der Waals surface area contributed by atoms with Gasteiger partial charge in [-0.05, 0) is 6.42 Å². The Morgan fingerprint density at radius 2 is 2.39 bits per heavy atom. The Bertz CT molecular complexity index is 495. The maximum absolute atomic E-state index is 11.7. The quantitative estimate of drug-likeness (QED) is 0.699. The van der Waals surface area contributed by atoms with Gasteiger partial charge in [-0.1, -0.05) is 18.3 Å². The number of aromatic amines is 1. The SMILES string of the molecule is CCCNc1nnc(C(=O)NCc2ncn[nH]2)s1. The van der Waals surface area contributed by atoms with Crippen molar-refractivity contribution in [1.29, 1.82) is 0 Å². The second-order valence-corrected chi connectivity index (χ2v) is 4.43. The molecule has 2 aromatic rings.